The lowest BCUT2D eigenvalue weighted by Crippen LogP contribution is -2.36. The topological polar surface area (TPSA) is 92.3 Å². The number of thiazole rings is 1. The Labute approximate surface area is 179 Å². The van der Waals surface area contributed by atoms with Crippen molar-refractivity contribution in [2.75, 3.05) is 41.8 Å². The average molecular weight is 425 g/mol. The van der Waals surface area contributed by atoms with E-state index in [4.69, 9.17) is 4.74 Å². The largest absolute Gasteiger partial charge is 0.378 e. The number of hydrogen-bond donors (Lipinski definition) is 2. The fourth-order valence-electron chi connectivity index (χ4n) is 3.15. The molecule has 2 aromatic heterocycles. The molecular weight excluding hydrogens is 400 g/mol. The Morgan fingerprint density at radius 2 is 1.93 bits per heavy atom. The number of aromatic nitrogens is 3. The van der Waals surface area contributed by atoms with E-state index < -0.39 is 0 Å². The van der Waals surface area contributed by atoms with E-state index in [2.05, 4.69) is 42.6 Å². The molecule has 0 unspecified atom stereocenters. The summed E-state index contributed by atoms with van der Waals surface area (Å²) in [5, 5.41) is 6.65. The minimum atomic E-state index is -0.0548. The molecule has 1 aromatic carbocycles. The maximum absolute atomic E-state index is 11.6. The summed E-state index contributed by atoms with van der Waals surface area (Å²) < 4.78 is 5.41. The number of aryl methyl sites for hydroxylation is 1. The molecule has 8 nitrogen and oxygen atoms in total. The Morgan fingerprint density at radius 1 is 1.17 bits per heavy atom. The van der Waals surface area contributed by atoms with Crippen LogP contribution in [0, 0.1) is 6.92 Å². The Hall–Kier alpha value is -3.04. The molecule has 1 amide bonds. The van der Waals surface area contributed by atoms with Crippen molar-refractivity contribution in [3.63, 3.8) is 0 Å². The van der Waals surface area contributed by atoms with E-state index in [1.807, 2.05) is 32.0 Å². The number of nitrogens with one attached hydrogen (secondary N) is 2. The van der Waals surface area contributed by atoms with E-state index in [9.17, 15) is 4.79 Å². The van der Waals surface area contributed by atoms with Gasteiger partial charge in [0.1, 0.15) is 0 Å². The first kappa shape index (κ1) is 20.2. The molecule has 0 radical (unpaired) electrons. The van der Waals surface area contributed by atoms with Crippen LogP contribution in [-0.2, 0) is 9.53 Å². The second kappa shape index (κ2) is 9.19. The van der Waals surface area contributed by atoms with Crippen LogP contribution in [0.5, 0.6) is 0 Å². The minimum absolute atomic E-state index is 0.0548. The predicted octanol–water partition coefficient (Wildman–Crippen LogP) is 3.84. The summed E-state index contributed by atoms with van der Waals surface area (Å²) in [7, 11) is 0. The number of carbonyl (C=O) groups excluding carboxylic acids is 1. The van der Waals surface area contributed by atoms with Gasteiger partial charge in [-0.3, -0.25) is 4.79 Å². The van der Waals surface area contributed by atoms with Crippen molar-refractivity contribution in [2.24, 2.45) is 0 Å². The van der Waals surface area contributed by atoms with Crippen molar-refractivity contribution in [1.29, 1.82) is 0 Å². The number of nitrogens with zero attached hydrogens (tertiary/aromatic N) is 4. The minimum Gasteiger partial charge on any atom is -0.378 e. The molecule has 1 fully saturated rings. The Bertz CT molecular complexity index is 1010. The second-order valence-corrected chi connectivity index (χ2v) is 7.87. The maximum Gasteiger partial charge on any atom is 0.227 e. The molecule has 4 rings (SSSR count). The molecule has 1 aliphatic rings. The van der Waals surface area contributed by atoms with Gasteiger partial charge in [0.25, 0.3) is 0 Å². The first-order valence-corrected chi connectivity index (χ1v) is 10.7. The van der Waals surface area contributed by atoms with Crippen molar-refractivity contribution < 1.29 is 9.53 Å². The average Bonchev–Trinajstić information content (AvgIpc) is 3.15. The molecule has 9 heteroatoms. The van der Waals surface area contributed by atoms with Gasteiger partial charge in [-0.1, -0.05) is 18.3 Å². The standard InChI is InChI=1S/C21H24N6O2S/c1-3-18(28)26-21-23-14(2)19(30-21)17-8-9-22-20(25-17)24-15-4-6-16(7-5-15)27-10-12-29-13-11-27/h4-9H,3,10-13H2,1-2H3,(H,22,24,25)(H,23,26,28). The van der Waals surface area contributed by atoms with Crippen LogP contribution < -0.4 is 15.5 Å². The van der Waals surface area contributed by atoms with Crippen molar-refractivity contribution in [3.8, 4) is 10.6 Å². The van der Waals surface area contributed by atoms with Crippen LogP contribution in [0.2, 0.25) is 0 Å². The summed E-state index contributed by atoms with van der Waals surface area (Å²) in [6, 6.07) is 10.1. The van der Waals surface area contributed by atoms with Crippen LogP contribution >= 0.6 is 11.3 Å². The second-order valence-electron chi connectivity index (χ2n) is 6.87. The summed E-state index contributed by atoms with van der Waals surface area (Å²) in [5.41, 5.74) is 3.69. The van der Waals surface area contributed by atoms with Gasteiger partial charge in [-0.15, -0.1) is 0 Å². The number of carbonyl (C=O) groups is 1. The van der Waals surface area contributed by atoms with Gasteiger partial charge in [0.15, 0.2) is 5.13 Å². The Balaban J connectivity index is 1.48. The van der Waals surface area contributed by atoms with Crippen molar-refractivity contribution >= 4 is 39.7 Å². The molecule has 2 N–H and O–H groups in total. The third-order valence-electron chi connectivity index (χ3n) is 4.75. The first-order valence-electron chi connectivity index (χ1n) is 9.93. The number of rotatable bonds is 6. The monoisotopic (exact) mass is 424 g/mol. The summed E-state index contributed by atoms with van der Waals surface area (Å²) in [4.78, 5) is 28.3. The number of ether oxygens (including phenoxy) is 1. The highest BCUT2D eigenvalue weighted by atomic mass is 32.1. The Morgan fingerprint density at radius 3 is 2.67 bits per heavy atom. The molecule has 1 aliphatic heterocycles. The molecule has 0 atom stereocenters. The van der Waals surface area contributed by atoms with Gasteiger partial charge in [-0.05, 0) is 37.3 Å². The van der Waals surface area contributed by atoms with E-state index >= 15 is 0 Å². The Kier molecular flexibility index (Phi) is 6.20. The zero-order valence-electron chi connectivity index (χ0n) is 17.0. The predicted molar refractivity (Wildman–Crippen MR) is 120 cm³/mol. The van der Waals surface area contributed by atoms with Gasteiger partial charge in [-0.2, -0.15) is 0 Å². The van der Waals surface area contributed by atoms with Gasteiger partial charge < -0.3 is 20.3 Å². The van der Waals surface area contributed by atoms with E-state index in [1.165, 1.54) is 17.0 Å². The molecule has 1 saturated heterocycles. The van der Waals surface area contributed by atoms with Gasteiger partial charge in [0, 0.05) is 37.1 Å². The van der Waals surface area contributed by atoms with Crippen molar-refractivity contribution in [2.45, 2.75) is 20.3 Å². The van der Waals surface area contributed by atoms with Crippen LogP contribution in [0.3, 0.4) is 0 Å². The zero-order valence-corrected chi connectivity index (χ0v) is 17.8. The van der Waals surface area contributed by atoms with Crippen molar-refractivity contribution in [3.05, 3.63) is 42.2 Å². The molecule has 0 aliphatic carbocycles. The molecule has 30 heavy (non-hydrogen) atoms. The van der Waals surface area contributed by atoms with Crippen molar-refractivity contribution in [1.82, 2.24) is 15.0 Å². The summed E-state index contributed by atoms with van der Waals surface area (Å²) >= 11 is 1.41. The van der Waals surface area contributed by atoms with Crippen LogP contribution in [0.15, 0.2) is 36.5 Å². The van der Waals surface area contributed by atoms with Gasteiger partial charge in [0.05, 0.1) is 29.5 Å². The lowest BCUT2D eigenvalue weighted by Gasteiger charge is -2.28. The highest BCUT2D eigenvalue weighted by molar-refractivity contribution is 7.19. The maximum atomic E-state index is 11.6. The lowest BCUT2D eigenvalue weighted by atomic mass is 10.2. The number of hydrogen-bond acceptors (Lipinski definition) is 8. The number of amides is 1. The fourth-order valence-corrected chi connectivity index (χ4v) is 4.10. The fraction of sp³-hybridized carbons (Fsp3) is 0.333. The zero-order chi connectivity index (χ0) is 20.9. The van der Waals surface area contributed by atoms with Crippen LogP contribution in [0.4, 0.5) is 22.5 Å². The SMILES string of the molecule is CCC(=O)Nc1nc(C)c(-c2ccnc(Nc3ccc(N4CCOCC4)cc3)n2)s1. The van der Waals surface area contributed by atoms with Gasteiger partial charge in [-0.25, -0.2) is 15.0 Å². The third-order valence-corrected chi connectivity index (χ3v) is 5.85. The molecule has 0 saturated carbocycles. The van der Waals surface area contributed by atoms with Crippen LogP contribution in [0.25, 0.3) is 10.6 Å². The summed E-state index contributed by atoms with van der Waals surface area (Å²) in [6.45, 7) is 7.07. The summed E-state index contributed by atoms with van der Waals surface area (Å²) in [6.07, 6.45) is 2.14. The molecule has 0 spiro atoms. The number of anilines is 4. The van der Waals surface area contributed by atoms with E-state index in [-0.39, 0.29) is 5.91 Å². The molecule has 156 valence electrons. The smallest absolute Gasteiger partial charge is 0.227 e. The van der Waals surface area contributed by atoms with Crippen LogP contribution in [0.1, 0.15) is 19.0 Å². The van der Waals surface area contributed by atoms with E-state index in [0.717, 1.165) is 48.3 Å². The number of morpholine rings is 1. The lowest BCUT2D eigenvalue weighted by molar-refractivity contribution is -0.115. The van der Waals surface area contributed by atoms with E-state index in [1.54, 1.807) is 6.20 Å². The number of benzene rings is 1. The summed E-state index contributed by atoms with van der Waals surface area (Å²) in [5.74, 6) is 0.458. The highest BCUT2D eigenvalue weighted by Gasteiger charge is 2.14. The van der Waals surface area contributed by atoms with Crippen LogP contribution in [-0.4, -0.2) is 47.2 Å². The normalized spacial score (nSPS) is 13.9. The van der Waals surface area contributed by atoms with Gasteiger partial charge >= 0.3 is 0 Å². The third kappa shape index (κ3) is 4.74. The first-order chi connectivity index (χ1) is 14.6. The quantitative estimate of drug-likeness (QED) is 0.621. The molecule has 0 bridgehead atoms. The highest BCUT2D eigenvalue weighted by Crippen LogP contribution is 2.32. The van der Waals surface area contributed by atoms with Gasteiger partial charge in [0.2, 0.25) is 11.9 Å². The molecule has 3 heterocycles. The molecular formula is C21H24N6O2S. The molecule has 3 aromatic rings. The van der Waals surface area contributed by atoms with E-state index in [0.29, 0.717) is 17.5 Å².